The van der Waals surface area contributed by atoms with E-state index in [0.29, 0.717) is 21.7 Å². The molecule has 0 aliphatic rings. The molecule has 0 amide bonds. The van der Waals surface area contributed by atoms with Crippen LogP contribution in [0.4, 0.5) is 0 Å². The molecule has 0 unspecified atom stereocenters. The third-order valence-corrected chi connectivity index (χ3v) is 12.5. The van der Waals surface area contributed by atoms with Crippen LogP contribution in [0.1, 0.15) is 41.5 Å². The zero-order valence-electron chi connectivity index (χ0n) is 15.2. The SMILES string of the molecule is C#C/C(Cl)=C(/C#C[Si](C)(C)C)[Si](C(C)C)(C(C)C)C(C)C. The van der Waals surface area contributed by atoms with Crippen molar-refractivity contribution < 1.29 is 0 Å². The normalized spacial score (nSPS) is 13.9. The standard InChI is InChI=1S/C18H31ClSi2/c1-11-17(19)18(12-13-20(8,9)10)21(14(2)3,15(4)5)16(6)7/h1,14-16H,2-10H3/b18-17+. The number of terminal acetylenes is 1. The number of allylic oxidation sites excluding steroid dienone is 2. The lowest BCUT2D eigenvalue weighted by Gasteiger charge is -2.43. The van der Waals surface area contributed by atoms with Gasteiger partial charge in [-0.05, 0) is 16.6 Å². The van der Waals surface area contributed by atoms with Crippen LogP contribution in [-0.4, -0.2) is 16.1 Å². The highest BCUT2D eigenvalue weighted by atomic mass is 35.5. The fourth-order valence-electron chi connectivity index (χ4n) is 3.54. The first kappa shape index (κ1) is 20.6. The molecule has 0 fully saturated rings. The molecule has 0 aromatic carbocycles. The van der Waals surface area contributed by atoms with Gasteiger partial charge in [0.15, 0.2) is 0 Å². The molecule has 0 rings (SSSR count). The van der Waals surface area contributed by atoms with Crippen LogP contribution in [0, 0.1) is 23.8 Å². The molecule has 3 heteroatoms. The van der Waals surface area contributed by atoms with Gasteiger partial charge in [0.05, 0.1) is 5.03 Å². The largest absolute Gasteiger partial charge is 0.129 e. The summed E-state index contributed by atoms with van der Waals surface area (Å²) in [5, 5.41) is 1.65. The predicted octanol–water partition coefficient (Wildman–Crippen LogP) is 6.21. The molecule has 0 radical (unpaired) electrons. The Morgan fingerprint density at radius 1 is 0.905 bits per heavy atom. The van der Waals surface area contributed by atoms with Gasteiger partial charge in [-0.1, -0.05) is 84.6 Å². The van der Waals surface area contributed by atoms with Gasteiger partial charge in [0.25, 0.3) is 0 Å². The van der Waals surface area contributed by atoms with Gasteiger partial charge < -0.3 is 0 Å². The van der Waals surface area contributed by atoms with Gasteiger partial charge in [-0.2, -0.15) is 0 Å². The van der Waals surface area contributed by atoms with Crippen LogP contribution in [0.2, 0.25) is 36.3 Å². The first-order chi connectivity index (χ1) is 9.41. The van der Waals surface area contributed by atoms with Gasteiger partial charge in [0.2, 0.25) is 0 Å². The van der Waals surface area contributed by atoms with E-state index >= 15 is 0 Å². The summed E-state index contributed by atoms with van der Waals surface area (Å²) < 4.78 is 0. The molecule has 118 valence electrons. The van der Waals surface area contributed by atoms with Crippen LogP contribution in [0.3, 0.4) is 0 Å². The molecule has 0 N–H and O–H groups in total. The van der Waals surface area contributed by atoms with Crippen LogP contribution in [0.5, 0.6) is 0 Å². The Morgan fingerprint density at radius 3 is 1.52 bits per heavy atom. The minimum absolute atomic E-state index is 0.545. The monoisotopic (exact) mass is 338 g/mol. The van der Waals surface area contributed by atoms with Crippen molar-refractivity contribution in [2.24, 2.45) is 0 Å². The molecule has 0 saturated heterocycles. The molecule has 0 aliphatic carbocycles. The number of halogens is 1. The molecule has 0 aliphatic heterocycles. The average molecular weight is 339 g/mol. The van der Waals surface area contributed by atoms with Crippen LogP contribution < -0.4 is 0 Å². The van der Waals surface area contributed by atoms with Crippen molar-refractivity contribution in [1.82, 2.24) is 0 Å². The quantitative estimate of drug-likeness (QED) is 0.422. The van der Waals surface area contributed by atoms with Crippen molar-refractivity contribution in [2.75, 3.05) is 0 Å². The molecule has 21 heavy (non-hydrogen) atoms. The minimum Gasteiger partial charge on any atom is -0.127 e. The summed E-state index contributed by atoms with van der Waals surface area (Å²) >= 11 is 6.47. The van der Waals surface area contributed by atoms with E-state index in [1.54, 1.807) is 0 Å². The van der Waals surface area contributed by atoms with Gasteiger partial charge in [-0.3, -0.25) is 0 Å². The van der Waals surface area contributed by atoms with E-state index in [0.717, 1.165) is 5.20 Å². The van der Waals surface area contributed by atoms with Crippen molar-refractivity contribution in [1.29, 1.82) is 0 Å². The lowest BCUT2D eigenvalue weighted by Crippen LogP contribution is -2.47. The second-order valence-corrected chi connectivity index (χ2v) is 18.7. The first-order valence-corrected chi connectivity index (χ1v) is 13.9. The smallest absolute Gasteiger partial charge is 0.127 e. The molecule has 0 saturated carbocycles. The van der Waals surface area contributed by atoms with Gasteiger partial charge in [-0.25, -0.2) is 0 Å². The highest BCUT2D eigenvalue weighted by Gasteiger charge is 2.46. The van der Waals surface area contributed by atoms with Crippen LogP contribution >= 0.6 is 11.6 Å². The fraction of sp³-hybridized carbons (Fsp3) is 0.667. The van der Waals surface area contributed by atoms with E-state index < -0.39 is 16.1 Å². The molecule has 0 bridgehead atoms. The van der Waals surface area contributed by atoms with E-state index in [1.165, 1.54) is 0 Å². The van der Waals surface area contributed by atoms with Crippen molar-refractivity contribution in [3.05, 3.63) is 10.2 Å². The van der Waals surface area contributed by atoms with Crippen LogP contribution in [0.15, 0.2) is 10.2 Å². The Hall–Kier alpha value is -0.416. The summed E-state index contributed by atoms with van der Waals surface area (Å²) in [6, 6.07) is 0. The third-order valence-electron chi connectivity index (χ3n) is 4.21. The van der Waals surface area contributed by atoms with E-state index in [2.05, 4.69) is 78.6 Å². The summed E-state index contributed by atoms with van der Waals surface area (Å²) in [4.78, 5) is 0. The molecular formula is C18H31ClSi2. The number of hydrogen-bond donors (Lipinski definition) is 0. The maximum Gasteiger partial charge on any atom is 0.129 e. The van der Waals surface area contributed by atoms with Crippen LogP contribution in [-0.2, 0) is 0 Å². The summed E-state index contributed by atoms with van der Waals surface area (Å²) in [5.41, 5.74) is 5.17. The second kappa shape index (κ2) is 7.73. The van der Waals surface area contributed by atoms with E-state index in [9.17, 15) is 0 Å². The molecule has 0 aromatic heterocycles. The van der Waals surface area contributed by atoms with E-state index in [4.69, 9.17) is 18.0 Å². The lowest BCUT2D eigenvalue weighted by atomic mass is 10.5. The van der Waals surface area contributed by atoms with Crippen LogP contribution in [0.25, 0.3) is 0 Å². The summed E-state index contributed by atoms with van der Waals surface area (Å²) in [6.07, 6.45) is 5.64. The predicted molar refractivity (Wildman–Crippen MR) is 104 cm³/mol. The van der Waals surface area contributed by atoms with Crippen molar-refractivity contribution in [3.8, 4) is 23.8 Å². The minimum atomic E-state index is -1.89. The Morgan fingerprint density at radius 2 is 1.29 bits per heavy atom. The van der Waals surface area contributed by atoms with E-state index in [-0.39, 0.29) is 0 Å². The van der Waals surface area contributed by atoms with Gasteiger partial charge in [0.1, 0.15) is 16.1 Å². The van der Waals surface area contributed by atoms with Gasteiger partial charge in [0, 0.05) is 5.20 Å². The molecule has 0 atom stereocenters. The topological polar surface area (TPSA) is 0 Å². The zero-order valence-corrected chi connectivity index (χ0v) is 17.9. The highest BCUT2D eigenvalue weighted by Crippen LogP contribution is 2.47. The Bertz CT molecular complexity index is 466. The Balaban J connectivity index is 6.48. The third kappa shape index (κ3) is 4.78. The molecule has 0 aromatic rings. The van der Waals surface area contributed by atoms with Crippen molar-refractivity contribution >= 4 is 27.7 Å². The molecule has 0 nitrogen and oxygen atoms in total. The molecule has 0 spiro atoms. The summed E-state index contributed by atoms with van der Waals surface area (Å²) in [5.74, 6) is 6.14. The Labute approximate surface area is 139 Å². The maximum atomic E-state index is 6.47. The highest BCUT2D eigenvalue weighted by molar-refractivity contribution is 6.92. The fourth-order valence-corrected chi connectivity index (χ4v) is 11.2. The zero-order chi connectivity index (χ0) is 17.0. The average Bonchev–Trinajstić information content (AvgIpc) is 2.30. The van der Waals surface area contributed by atoms with Crippen molar-refractivity contribution in [2.45, 2.75) is 77.8 Å². The maximum absolute atomic E-state index is 6.47. The molecule has 0 heterocycles. The number of hydrogen-bond acceptors (Lipinski definition) is 0. The van der Waals surface area contributed by atoms with Gasteiger partial charge >= 0.3 is 0 Å². The Kier molecular flexibility index (Phi) is 7.57. The van der Waals surface area contributed by atoms with Crippen molar-refractivity contribution in [3.63, 3.8) is 0 Å². The summed E-state index contributed by atoms with van der Waals surface area (Å²) in [6.45, 7) is 20.6. The van der Waals surface area contributed by atoms with E-state index in [1.807, 2.05) is 0 Å². The number of rotatable bonds is 4. The second-order valence-electron chi connectivity index (χ2n) is 7.73. The molecular weight excluding hydrogens is 308 g/mol. The first-order valence-electron chi connectivity index (χ1n) is 7.81. The summed E-state index contributed by atoms with van der Waals surface area (Å²) in [7, 11) is -3.35. The lowest BCUT2D eigenvalue weighted by molar-refractivity contribution is 0.828. The van der Waals surface area contributed by atoms with Gasteiger partial charge in [-0.15, -0.1) is 12.0 Å².